The minimum Gasteiger partial charge on any atom is -0.304 e. The fourth-order valence-electron chi connectivity index (χ4n) is 1.68. The zero-order chi connectivity index (χ0) is 11.0. The number of anilines is 1. The Bertz CT molecular complexity index is 442. The molecule has 3 nitrogen and oxygen atoms in total. The molecule has 1 saturated heterocycles. The Morgan fingerprint density at radius 2 is 2.07 bits per heavy atom. The van der Waals surface area contributed by atoms with Crippen LogP contribution in [0.3, 0.4) is 0 Å². The van der Waals surface area contributed by atoms with Gasteiger partial charge in [0.2, 0.25) is 5.91 Å². The van der Waals surface area contributed by atoms with Gasteiger partial charge in [0.25, 0.3) is 0 Å². The molecule has 0 bridgehead atoms. The molecule has 1 fully saturated rings. The van der Waals surface area contributed by atoms with E-state index in [0.29, 0.717) is 5.02 Å². The van der Waals surface area contributed by atoms with E-state index in [0.717, 1.165) is 11.3 Å². The Labute approximate surface area is 92.6 Å². The second kappa shape index (κ2) is 3.66. The van der Waals surface area contributed by atoms with Crippen LogP contribution in [0.25, 0.3) is 0 Å². The minimum absolute atomic E-state index is 0.00591. The van der Waals surface area contributed by atoms with Crippen molar-refractivity contribution in [2.75, 3.05) is 11.4 Å². The monoisotopic (exact) mass is 223 g/mol. The number of Topliss-reactive ketones (excluding diaryl/α,β-unsaturated/α-hetero) is 1. The van der Waals surface area contributed by atoms with Crippen molar-refractivity contribution in [3.63, 3.8) is 0 Å². The average molecular weight is 224 g/mol. The standard InChI is InChI=1S/C11H10ClNO2/c1-7-2-3-8(12)4-10(7)13-6-9(14)5-11(13)15/h2-4H,5-6H2,1H3. The molecule has 1 amide bonds. The highest BCUT2D eigenvalue weighted by atomic mass is 35.5. The van der Waals surface area contributed by atoms with E-state index in [1.54, 1.807) is 12.1 Å². The van der Waals surface area contributed by atoms with E-state index < -0.39 is 0 Å². The fraction of sp³-hybridized carbons (Fsp3) is 0.273. The Kier molecular flexibility index (Phi) is 2.49. The molecule has 0 N–H and O–H groups in total. The van der Waals surface area contributed by atoms with Crippen LogP contribution in [-0.2, 0) is 9.59 Å². The molecule has 1 aromatic carbocycles. The zero-order valence-corrected chi connectivity index (χ0v) is 9.04. The van der Waals surface area contributed by atoms with Crippen molar-refractivity contribution in [1.82, 2.24) is 0 Å². The van der Waals surface area contributed by atoms with Gasteiger partial charge in [-0.25, -0.2) is 0 Å². The lowest BCUT2D eigenvalue weighted by molar-refractivity contribution is -0.121. The first-order valence-corrected chi connectivity index (χ1v) is 5.04. The van der Waals surface area contributed by atoms with Crippen molar-refractivity contribution in [3.8, 4) is 0 Å². The number of carbonyl (C=O) groups is 2. The first kappa shape index (κ1) is 10.2. The predicted molar refractivity (Wildman–Crippen MR) is 58.2 cm³/mol. The number of halogens is 1. The van der Waals surface area contributed by atoms with Gasteiger partial charge in [0.1, 0.15) is 0 Å². The van der Waals surface area contributed by atoms with Crippen molar-refractivity contribution in [1.29, 1.82) is 0 Å². The average Bonchev–Trinajstić information content (AvgIpc) is 2.50. The van der Waals surface area contributed by atoms with Crippen LogP contribution in [0.1, 0.15) is 12.0 Å². The van der Waals surface area contributed by atoms with Crippen LogP contribution in [0.4, 0.5) is 5.69 Å². The molecule has 0 saturated carbocycles. The molecule has 0 spiro atoms. The lowest BCUT2D eigenvalue weighted by Gasteiger charge is -2.17. The molecule has 1 aliphatic heterocycles. The summed E-state index contributed by atoms with van der Waals surface area (Å²) in [5.41, 5.74) is 1.68. The van der Waals surface area contributed by atoms with Crippen molar-refractivity contribution in [2.24, 2.45) is 0 Å². The highest BCUT2D eigenvalue weighted by molar-refractivity contribution is 6.31. The second-order valence-corrected chi connectivity index (χ2v) is 4.06. The number of hydrogen-bond donors (Lipinski definition) is 0. The molecule has 4 heteroatoms. The molecule has 0 aromatic heterocycles. The summed E-state index contributed by atoms with van der Waals surface area (Å²) in [4.78, 5) is 24.1. The maximum absolute atomic E-state index is 11.5. The summed E-state index contributed by atoms with van der Waals surface area (Å²) >= 11 is 5.86. The van der Waals surface area contributed by atoms with E-state index in [1.165, 1.54) is 4.90 Å². The van der Waals surface area contributed by atoms with Gasteiger partial charge in [-0.3, -0.25) is 9.59 Å². The first-order valence-electron chi connectivity index (χ1n) is 4.66. The van der Waals surface area contributed by atoms with Crippen molar-refractivity contribution < 1.29 is 9.59 Å². The fourth-order valence-corrected chi connectivity index (χ4v) is 1.84. The molecule has 1 heterocycles. The smallest absolute Gasteiger partial charge is 0.234 e. The topological polar surface area (TPSA) is 37.4 Å². The van der Waals surface area contributed by atoms with Crippen molar-refractivity contribution in [2.45, 2.75) is 13.3 Å². The summed E-state index contributed by atoms with van der Waals surface area (Å²) in [6.45, 7) is 2.06. The van der Waals surface area contributed by atoms with Gasteiger partial charge >= 0.3 is 0 Å². The molecule has 0 atom stereocenters. The molecule has 1 aromatic rings. The molecule has 15 heavy (non-hydrogen) atoms. The molecule has 0 unspecified atom stereocenters. The van der Waals surface area contributed by atoms with Crippen LogP contribution in [0.15, 0.2) is 18.2 Å². The highest BCUT2D eigenvalue weighted by Gasteiger charge is 2.29. The summed E-state index contributed by atoms with van der Waals surface area (Å²) in [6.07, 6.45) is 0.00591. The Balaban J connectivity index is 2.41. The lowest BCUT2D eigenvalue weighted by atomic mass is 10.2. The molecule has 78 valence electrons. The predicted octanol–water partition coefficient (Wildman–Crippen LogP) is 1.95. The summed E-state index contributed by atoms with van der Waals surface area (Å²) in [5, 5.41) is 0.572. The third kappa shape index (κ3) is 1.88. The van der Waals surface area contributed by atoms with Crippen LogP contribution >= 0.6 is 11.6 Å². The van der Waals surface area contributed by atoms with E-state index in [-0.39, 0.29) is 24.7 Å². The van der Waals surface area contributed by atoms with Gasteiger partial charge in [-0.1, -0.05) is 17.7 Å². The normalized spacial score (nSPS) is 16.3. The van der Waals surface area contributed by atoms with E-state index in [9.17, 15) is 9.59 Å². The van der Waals surface area contributed by atoms with Crippen molar-refractivity contribution in [3.05, 3.63) is 28.8 Å². The van der Waals surface area contributed by atoms with Gasteiger partial charge in [0.05, 0.1) is 13.0 Å². The lowest BCUT2D eigenvalue weighted by Crippen LogP contribution is -2.25. The quantitative estimate of drug-likeness (QED) is 0.683. The third-order valence-corrected chi connectivity index (χ3v) is 2.68. The second-order valence-electron chi connectivity index (χ2n) is 3.63. The van der Waals surface area contributed by atoms with Crippen LogP contribution in [0, 0.1) is 6.92 Å². The molecule has 1 aliphatic rings. The summed E-state index contributed by atoms with van der Waals surface area (Å²) in [7, 11) is 0. The van der Waals surface area contributed by atoms with E-state index in [2.05, 4.69) is 0 Å². The molecule has 0 aliphatic carbocycles. The maximum Gasteiger partial charge on any atom is 0.234 e. The maximum atomic E-state index is 11.5. The van der Waals surface area contributed by atoms with Gasteiger partial charge < -0.3 is 4.90 Å². The molecular weight excluding hydrogens is 214 g/mol. The molecule has 2 rings (SSSR count). The number of rotatable bonds is 1. The van der Waals surface area contributed by atoms with E-state index in [1.807, 2.05) is 13.0 Å². The van der Waals surface area contributed by atoms with E-state index in [4.69, 9.17) is 11.6 Å². The zero-order valence-electron chi connectivity index (χ0n) is 8.29. The van der Waals surface area contributed by atoms with Crippen LogP contribution < -0.4 is 4.90 Å². The Hall–Kier alpha value is -1.35. The Morgan fingerprint density at radius 1 is 1.33 bits per heavy atom. The van der Waals surface area contributed by atoms with Gasteiger partial charge in [-0.2, -0.15) is 0 Å². The Morgan fingerprint density at radius 3 is 2.67 bits per heavy atom. The number of carbonyl (C=O) groups excluding carboxylic acids is 2. The number of aryl methyl sites for hydroxylation is 1. The number of nitrogens with zero attached hydrogens (tertiary/aromatic N) is 1. The van der Waals surface area contributed by atoms with Gasteiger partial charge in [-0.05, 0) is 24.6 Å². The largest absolute Gasteiger partial charge is 0.304 e. The third-order valence-electron chi connectivity index (χ3n) is 2.45. The van der Waals surface area contributed by atoms with Crippen LogP contribution in [0.2, 0.25) is 5.02 Å². The summed E-state index contributed by atoms with van der Waals surface area (Å²) in [6, 6.07) is 5.32. The van der Waals surface area contributed by atoms with Gasteiger partial charge in [0, 0.05) is 10.7 Å². The van der Waals surface area contributed by atoms with Crippen LogP contribution in [-0.4, -0.2) is 18.2 Å². The highest BCUT2D eigenvalue weighted by Crippen LogP contribution is 2.26. The first-order chi connectivity index (χ1) is 7.08. The summed E-state index contributed by atoms with van der Waals surface area (Å²) < 4.78 is 0. The minimum atomic E-state index is -0.148. The van der Waals surface area contributed by atoms with Crippen LogP contribution in [0.5, 0.6) is 0 Å². The molecular formula is C11H10ClNO2. The van der Waals surface area contributed by atoms with Crippen molar-refractivity contribution >= 4 is 29.0 Å². The number of ketones is 1. The van der Waals surface area contributed by atoms with E-state index >= 15 is 0 Å². The summed E-state index contributed by atoms with van der Waals surface area (Å²) in [5.74, 6) is -0.190. The van der Waals surface area contributed by atoms with Gasteiger partial charge in [-0.15, -0.1) is 0 Å². The number of hydrogen-bond acceptors (Lipinski definition) is 2. The number of benzene rings is 1. The van der Waals surface area contributed by atoms with Gasteiger partial charge in [0.15, 0.2) is 5.78 Å². The molecule has 0 radical (unpaired) electrons. The SMILES string of the molecule is Cc1ccc(Cl)cc1N1CC(=O)CC1=O. The number of amides is 1.